The molecule has 0 amide bonds. The summed E-state index contributed by atoms with van der Waals surface area (Å²) in [6, 6.07) is 6.10. The van der Waals surface area contributed by atoms with Crippen molar-refractivity contribution < 1.29 is 18.3 Å². The minimum Gasteiger partial charge on any atom is -0.389 e. The maximum atomic E-state index is 12.1. The maximum absolute atomic E-state index is 12.1. The van der Waals surface area contributed by atoms with Gasteiger partial charge < -0.3 is 9.84 Å². The van der Waals surface area contributed by atoms with Gasteiger partial charge >= 0.3 is 0 Å². The minimum atomic E-state index is -3.56. The number of benzene rings is 1. The molecule has 108 valence electrons. The molecule has 0 saturated heterocycles. The lowest BCUT2D eigenvalue weighted by molar-refractivity contribution is 0.188. The molecule has 0 spiro atoms. The van der Waals surface area contributed by atoms with E-state index in [1.54, 1.807) is 33.1 Å². The predicted molar refractivity (Wildman–Crippen MR) is 73.4 cm³/mol. The SMILES string of the molecule is COCCC(C)NS(=O)(=O)c1cccc(C(C)O)c1. The monoisotopic (exact) mass is 287 g/mol. The number of hydrogen-bond acceptors (Lipinski definition) is 4. The molecule has 0 fully saturated rings. The van der Waals surface area contributed by atoms with Gasteiger partial charge in [0.05, 0.1) is 11.0 Å². The second-order valence-electron chi connectivity index (χ2n) is 4.55. The number of aliphatic hydroxyl groups is 1. The van der Waals surface area contributed by atoms with Crippen LogP contribution in [0.3, 0.4) is 0 Å². The Bertz CT molecular complexity index is 499. The summed E-state index contributed by atoms with van der Waals surface area (Å²) < 4.78 is 31.8. The molecule has 0 saturated carbocycles. The second kappa shape index (κ2) is 7.00. The maximum Gasteiger partial charge on any atom is 0.240 e. The fourth-order valence-corrected chi connectivity index (χ4v) is 2.96. The van der Waals surface area contributed by atoms with E-state index < -0.39 is 16.1 Å². The van der Waals surface area contributed by atoms with E-state index in [1.165, 1.54) is 12.1 Å². The van der Waals surface area contributed by atoms with Gasteiger partial charge in [-0.3, -0.25) is 0 Å². The van der Waals surface area contributed by atoms with E-state index in [0.717, 1.165) is 0 Å². The fraction of sp³-hybridized carbons (Fsp3) is 0.538. The van der Waals surface area contributed by atoms with Crippen molar-refractivity contribution in [2.75, 3.05) is 13.7 Å². The predicted octanol–water partition coefficient (Wildman–Crippen LogP) is 1.44. The molecule has 0 aliphatic carbocycles. The molecule has 6 heteroatoms. The van der Waals surface area contributed by atoms with E-state index in [0.29, 0.717) is 18.6 Å². The van der Waals surface area contributed by atoms with Crippen LogP contribution in [-0.4, -0.2) is 33.3 Å². The molecule has 2 N–H and O–H groups in total. The highest BCUT2D eigenvalue weighted by Crippen LogP contribution is 2.17. The van der Waals surface area contributed by atoms with Crippen molar-refractivity contribution in [3.63, 3.8) is 0 Å². The second-order valence-corrected chi connectivity index (χ2v) is 6.27. The summed E-state index contributed by atoms with van der Waals surface area (Å²) >= 11 is 0. The molecule has 0 heterocycles. The topological polar surface area (TPSA) is 75.6 Å². The fourth-order valence-electron chi connectivity index (χ4n) is 1.63. The summed E-state index contributed by atoms with van der Waals surface area (Å²) in [5, 5.41) is 9.48. The van der Waals surface area contributed by atoms with Crippen molar-refractivity contribution in [1.29, 1.82) is 0 Å². The van der Waals surface area contributed by atoms with Crippen molar-refractivity contribution in [2.45, 2.75) is 37.3 Å². The summed E-state index contributed by atoms with van der Waals surface area (Å²) in [7, 11) is -1.99. The first-order valence-electron chi connectivity index (χ1n) is 6.16. The first kappa shape index (κ1) is 16.1. The van der Waals surface area contributed by atoms with Gasteiger partial charge in [0.25, 0.3) is 0 Å². The molecule has 0 aliphatic heterocycles. The third-order valence-corrected chi connectivity index (χ3v) is 4.35. The van der Waals surface area contributed by atoms with Crippen LogP contribution in [0.4, 0.5) is 0 Å². The number of nitrogens with one attached hydrogen (secondary N) is 1. The van der Waals surface area contributed by atoms with Crippen molar-refractivity contribution in [2.24, 2.45) is 0 Å². The van der Waals surface area contributed by atoms with Gasteiger partial charge in [-0.1, -0.05) is 12.1 Å². The van der Waals surface area contributed by atoms with Gasteiger partial charge in [0, 0.05) is 19.8 Å². The van der Waals surface area contributed by atoms with E-state index in [9.17, 15) is 13.5 Å². The van der Waals surface area contributed by atoms with Crippen LogP contribution >= 0.6 is 0 Å². The van der Waals surface area contributed by atoms with Crippen LogP contribution in [0.15, 0.2) is 29.2 Å². The lowest BCUT2D eigenvalue weighted by Gasteiger charge is -2.14. The molecule has 1 aromatic rings. The van der Waals surface area contributed by atoms with Crippen LogP contribution in [0, 0.1) is 0 Å². The molecule has 1 rings (SSSR count). The zero-order chi connectivity index (χ0) is 14.5. The molecule has 19 heavy (non-hydrogen) atoms. The quantitative estimate of drug-likeness (QED) is 0.796. The average Bonchev–Trinajstić information content (AvgIpc) is 2.36. The first-order chi connectivity index (χ1) is 8.86. The third-order valence-electron chi connectivity index (χ3n) is 2.76. The van der Waals surface area contributed by atoms with E-state index in [4.69, 9.17) is 4.74 Å². The lowest BCUT2D eigenvalue weighted by Crippen LogP contribution is -2.33. The number of hydrogen-bond donors (Lipinski definition) is 2. The van der Waals surface area contributed by atoms with Crippen molar-refractivity contribution in [3.05, 3.63) is 29.8 Å². The van der Waals surface area contributed by atoms with Crippen LogP contribution < -0.4 is 4.72 Å². The molecule has 2 atom stereocenters. The molecule has 1 aromatic carbocycles. The van der Waals surface area contributed by atoms with E-state index in [1.807, 2.05) is 0 Å². The van der Waals surface area contributed by atoms with Crippen LogP contribution in [0.1, 0.15) is 31.9 Å². The van der Waals surface area contributed by atoms with E-state index >= 15 is 0 Å². The highest BCUT2D eigenvalue weighted by Gasteiger charge is 2.18. The van der Waals surface area contributed by atoms with Crippen molar-refractivity contribution in [1.82, 2.24) is 4.72 Å². The smallest absolute Gasteiger partial charge is 0.240 e. The Kier molecular flexibility index (Phi) is 5.93. The van der Waals surface area contributed by atoms with E-state index in [2.05, 4.69) is 4.72 Å². The Morgan fingerprint density at radius 1 is 1.37 bits per heavy atom. The standard InChI is InChI=1S/C13H21NO4S/c1-10(7-8-18-3)14-19(16,17)13-6-4-5-12(9-13)11(2)15/h4-6,9-11,14-15H,7-8H2,1-3H3. The van der Waals surface area contributed by atoms with Crippen LogP contribution in [0.2, 0.25) is 0 Å². The Hall–Kier alpha value is -0.950. The van der Waals surface area contributed by atoms with Gasteiger partial charge in [0.2, 0.25) is 10.0 Å². The number of methoxy groups -OCH3 is 1. The zero-order valence-electron chi connectivity index (χ0n) is 11.5. The summed E-state index contributed by atoms with van der Waals surface area (Å²) in [6.45, 7) is 3.88. The van der Waals surface area contributed by atoms with Crippen LogP contribution in [0.5, 0.6) is 0 Å². The van der Waals surface area contributed by atoms with Gasteiger partial charge in [-0.15, -0.1) is 0 Å². The van der Waals surface area contributed by atoms with Crippen LogP contribution in [0.25, 0.3) is 0 Å². The summed E-state index contributed by atoms with van der Waals surface area (Å²) in [5.41, 5.74) is 0.576. The van der Waals surface area contributed by atoms with E-state index in [-0.39, 0.29) is 10.9 Å². The average molecular weight is 287 g/mol. The third kappa shape index (κ3) is 4.91. The van der Waals surface area contributed by atoms with Gasteiger partial charge in [-0.05, 0) is 38.0 Å². The summed E-state index contributed by atoms with van der Waals surface area (Å²) in [4.78, 5) is 0.162. The number of ether oxygens (including phenoxy) is 1. The molecule has 5 nitrogen and oxygen atoms in total. The summed E-state index contributed by atoms with van der Waals surface area (Å²) in [5.74, 6) is 0. The largest absolute Gasteiger partial charge is 0.389 e. The molecule has 0 aromatic heterocycles. The van der Waals surface area contributed by atoms with Crippen molar-refractivity contribution in [3.8, 4) is 0 Å². The molecular formula is C13H21NO4S. The molecular weight excluding hydrogens is 266 g/mol. The lowest BCUT2D eigenvalue weighted by atomic mass is 10.1. The zero-order valence-corrected chi connectivity index (χ0v) is 12.3. The Labute approximate surface area is 114 Å². The molecule has 0 bridgehead atoms. The highest BCUT2D eigenvalue weighted by molar-refractivity contribution is 7.89. The minimum absolute atomic E-state index is 0.162. The molecule has 0 radical (unpaired) electrons. The van der Waals surface area contributed by atoms with Crippen molar-refractivity contribution >= 4 is 10.0 Å². The highest BCUT2D eigenvalue weighted by atomic mass is 32.2. The Morgan fingerprint density at radius 3 is 2.63 bits per heavy atom. The number of aliphatic hydroxyl groups excluding tert-OH is 1. The number of sulfonamides is 1. The summed E-state index contributed by atoms with van der Waals surface area (Å²) in [6.07, 6.45) is -0.0905. The molecule has 0 aliphatic rings. The van der Waals surface area contributed by atoms with Crippen LogP contribution in [-0.2, 0) is 14.8 Å². The number of rotatable bonds is 7. The van der Waals surface area contributed by atoms with Gasteiger partial charge in [0.1, 0.15) is 0 Å². The Balaban J connectivity index is 2.85. The Morgan fingerprint density at radius 2 is 2.05 bits per heavy atom. The molecule has 2 unspecified atom stereocenters. The normalized spacial score (nSPS) is 15.2. The van der Waals surface area contributed by atoms with Gasteiger partial charge in [-0.25, -0.2) is 13.1 Å². The van der Waals surface area contributed by atoms with Gasteiger partial charge in [-0.2, -0.15) is 0 Å². The van der Waals surface area contributed by atoms with Gasteiger partial charge in [0.15, 0.2) is 0 Å². The first-order valence-corrected chi connectivity index (χ1v) is 7.64.